The summed E-state index contributed by atoms with van der Waals surface area (Å²) < 4.78 is 0. The van der Waals surface area contributed by atoms with Gasteiger partial charge in [-0.2, -0.15) is 0 Å². The van der Waals surface area contributed by atoms with Crippen LogP contribution in [0.25, 0.3) is 0 Å². The first-order chi connectivity index (χ1) is 11.7. The van der Waals surface area contributed by atoms with Gasteiger partial charge in [0.25, 0.3) is 11.8 Å². The predicted molar refractivity (Wildman–Crippen MR) is 92.0 cm³/mol. The van der Waals surface area contributed by atoms with Crippen LogP contribution in [0, 0.1) is 0 Å². The van der Waals surface area contributed by atoms with Gasteiger partial charge in [0.15, 0.2) is 0 Å². The molecule has 3 rings (SSSR count). The number of rotatable bonds is 4. The monoisotopic (exact) mass is 330 g/mol. The number of carbonyl (C=O) groups is 2. The number of amides is 2. The summed E-state index contributed by atoms with van der Waals surface area (Å²) in [5, 5.41) is 2.54. The molecule has 0 radical (unpaired) electrons. The van der Waals surface area contributed by atoms with Gasteiger partial charge in [-0.3, -0.25) is 19.5 Å². The molecule has 24 heavy (non-hydrogen) atoms. The van der Waals surface area contributed by atoms with Crippen LogP contribution in [0.4, 0.5) is 0 Å². The van der Waals surface area contributed by atoms with Gasteiger partial charge in [0.05, 0.1) is 5.56 Å². The first-order valence-electron chi connectivity index (χ1n) is 8.89. The first-order valence-corrected chi connectivity index (χ1v) is 8.89. The average molecular weight is 330 g/mol. The van der Waals surface area contributed by atoms with Crippen LogP contribution < -0.4 is 5.32 Å². The third kappa shape index (κ3) is 3.15. The molecule has 1 N–H and O–H groups in total. The fourth-order valence-electron chi connectivity index (χ4n) is 4.07. The summed E-state index contributed by atoms with van der Waals surface area (Å²) in [5.41, 5.74) is 0.899. The van der Waals surface area contributed by atoms with Gasteiger partial charge in [-0.05, 0) is 50.9 Å². The minimum Gasteiger partial charge on any atom is -0.354 e. The number of hydrogen-bond acceptors (Lipinski definition) is 4. The van der Waals surface area contributed by atoms with E-state index < -0.39 is 0 Å². The van der Waals surface area contributed by atoms with Crippen LogP contribution in [0.15, 0.2) is 18.3 Å². The number of carbonyl (C=O) groups excluding carboxylic acids is 2. The molecular weight excluding hydrogens is 304 g/mol. The molecule has 130 valence electrons. The summed E-state index contributed by atoms with van der Waals surface area (Å²) in [6.07, 6.45) is 6.06. The maximum atomic E-state index is 12.9. The molecular formula is C18H26N4O2. The fourth-order valence-corrected chi connectivity index (χ4v) is 4.07. The SMILES string of the molecule is CCN1CCC[C@H]1[C@H]1CCCN1C(=O)c1ccc(C(=O)NC)nc1. The van der Waals surface area contributed by atoms with Crippen LogP contribution in [0.3, 0.4) is 0 Å². The van der Waals surface area contributed by atoms with Crippen LogP contribution >= 0.6 is 0 Å². The van der Waals surface area contributed by atoms with E-state index in [1.165, 1.54) is 19.0 Å². The summed E-state index contributed by atoms with van der Waals surface area (Å²) >= 11 is 0. The Kier molecular flexibility index (Phi) is 5.14. The zero-order valence-electron chi connectivity index (χ0n) is 14.5. The largest absolute Gasteiger partial charge is 0.354 e. The summed E-state index contributed by atoms with van der Waals surface area (Å²) in [6.45, 7) is 5.20. The quantitative estimate of drug-likeness (QED) is 0.909. The normalized spacial score (nSPS) is 24.3. The lowest BCUT2D eigenvalue weighted by atomic mass is 10.0. The van der Waals surface area contributed by atoms with Crippen molar-refractivity contribution in [2.45, 2.75) is 44.7 Å². The number of hydrogen-bond donors (Lipinski definition) is 1. The minimum atomic E-state index is -0.238. The highest BCUT2D eigenvalue weighted by molar-refractivity contribution is 5.96. The van der Waals surface area contributed by atoms with E-state index >= 15 is 0 Å². The lowest BCUT2D eigenvalue weighted by molar-refractivity contribution is 0.0649. The Bertz CT molecular complexity index is 602. The Balaban J connectivity index is 1.75. The lowest BCUT2D eigenvalue weighted by Crippen LogP contribution is -2.48. The number of likely N-dealkylation sites (N-methyl/N-ethyl adjacent to an activating group) is 1. The standard InChI is InChI=1S/C18H26N4O2/c1-3-21-10-4-6-15(21)16-7-5-11-22(16)18(24)13-8-9-14(20-12-13)17(23)19-2/h8-9,12,15-16H,3-7,10-11H2,1-2H3,(H,19,23)/t15-,16+/m0/s1. The van der Waals surface area contributed by atoms with Crippen molar-refractivity contribution in [3.63, 3.8) is 0 Å². The van der Waals surface area contributed by atoms with E-state index in [4.69, 9.17) is 0 Å². The molecule has 0 bridgehead atoms. The number of nitrogens with zero attached hydrogens (tertiary/aromatic N) is 3. The van der Waals surface area contributed by atoms with Crippen molar-refractivity contribution in [1.29, 1.82) is 0 Å². The summed E-state index contributed by atoms with van der Waals surface area (Å²) in [7, 11) is 1.57. The van der Waals surface area contributed by atoms with Gasteiger partial charge >= 0.3 is 0 Å². The van der Waals surface area contributed by atoms with Gasteiger partial charge in [-0.25, -0.2) is 0 Å². The average Bonchev–Trinajstić information content (AvgIpc) is 3.28. The number of aromatic nitrogens is 1. The van der Waals surface area contributed by atoms with E-state index in [-0.39, 0.29) is 11.8 Å². The van der Waals surface area contributed by atoms with Gasteiger partial charge in [0.2, 0.25) is 0 Å². The summed E-state index contributed by atoms with van der Waals surface area (Å²) in [5.74, 6) is -0.200. The summed E-state index contributed by atoms with van der Waals surface area (Å²) in [4.78, 5) is 33.1. The predicted octanol–water partition coefficient (Wildman–Crippen LogP) is 1.53. The topological polar surface area (TPSA) is 65.5 Å². The molecule has 0 aliphatic carbocycles. The maximum absolute atomic E-state index is 12.9. The summed E-state index contributed by atoms with van der Waals surface area (Å²) in [6, 6.07) is 4.12. The van der Waals surface area contributed by atoms with Gasteiger partial charge in [-0.15, -0.1) is 0 Å². The molecule has 0 aromatic carbocycles. The third-order valence-corrected chi connectivity index (χ3v) is 5.29. The van der Waals surface area contributed by atoms with Crippen molar-refractivity contribution in [3.05, 3.63) is 29.6 Å². The molecule has 0 saturated carbocycles. The van der Waals surface area contributed by atoms with Gasteiger partial charge in [0, 0.05) is 31.9 Å². The Morgan fingerprint density at radius 1 is 1.21 bits per heavy atom. The highest BCUT2D eigenvalue weighted by atomic mass is 16.2. The second kappa shape index (κ2) is 7.30. The Morgan fingerprint density at radius 2 is 1.96 bits per heavy atom. The van der Waals surface area contributed by atoms with Crippen molar-refractivity contribution < 1.29 is 9.59 Å². The molecule has 2 saturated heterocycles. The van der Waals surface area contributed by atoms with Crippen molar-refractivity contribution in [2.24, 2.45) is 0 Å². The van der Waals surface area contributed by atoms with Gasteiger partial charge in [-0.1, -0.05) is 6.92 Å². The van der Waals surface area contributed by atoms with Crippen molar-refractivity contribution in [2.75, 3.05) is 26.7 Å². The van der Waals surface area contributed by atoms with Gasteiger partial charge < -0.3 is 10.2 Å². The molecule has 6 nitrogen and oxygen atoms in total. The van der Waals surface area contributed by atoms with E-state index in [1.54, 1.807) is 19.2 Å². The minimum absolute atomic E-state index is 0.0383. The van der Waals surface area contributed by atoms with E-state index in [0.717, 1.165) is 32.5 Å². The number of likely N-dealkylation sites (tertiary alicyclic amines) is 2. The van der Waals surface area contributed by atoms with Crippen LogP contribution in [0.5, 0.6) is 0 Å². The third-order valence-electron chi connectivity index (χ3n) is 5.29. The first kappa shape index (κ1) is 16.9. The van der Waals surface area contributed by atoms with Crippen molar-refractivity contribution in [3.8, 4) is 0 Å². The zero-order valence-corrected chi connectivity index (χ0v) is 14.5. The smallest absolute Gasteiger partial charge is 0.269 e. The van der Waals surface area contributed by atoms with E-state index in [1.807, 2.05) is 4.90 Å². The van der Waals surface area contributed by atoms with Crippen LogP contribution in [-0.2, 0) is 0 Å². The van der Waals surface area contributed by atoms with E-state index in [2.05, 4.69) is 22.1 Å². The second-order valence-corrected chi connectivity index (χ2v) is 6.56. The van der Waals surface area contributed by atoms with E-state index in [0.29, 0.717) is 23.3 Å². The van der Waals surface area contributed by atoms with Gasteiger partial charge in [0.1, 0.15) is 5.69 Å². The highest BCUT2D eigenvalue weighted by Crippen LogP contribution is 2.30. The maximum Gasteiger partial charge on any atom is 0.269 e. The molecule has 2 amide bonds. The number of pyridine rings is 1. The molecule has 0 unspecified atom stereocenters. The molecule has 6 heteroatoms. The molecule has 2 aliphatic rings. The van der Waals surface area contributed by atoms with Crippen molar-refractivity contribution >= 4 is 11.8 Å². The Morgan fingerprint density at radius 3 is 2.62 bits per heavy atom. The molecule has 2 atom stereocenters. The number of nitrogens with one attached hydrogen (secondary N) is 1. The lowest BCUT2D eigenvalue weighted by Gasteiger charge is -2.34. The molecule has 0 spiro atoms. The fraction of sp³-hybridized carbons (Fsp3) is 0.611. The molecule has 1 aromatic rings. The molecule has 3 heterocycles. The second-order valence-electron chi connectivity index (χ2n) is 6.56. The van der Waals surface area contributed by atoms with E-state index in [9.17, 15) is 9.59 Å². The van der Waals surface area contributed by atoms with Crippen LogP contribution in [0.2, 0.25) is 0 Å². The molecule has 2 fully saturated rings. The highest BCUT2D eigenvalue weighted by Gasteiger charge is 2.39. The van der Waals surface area contributed by atoms with Crippen molar-refractivity contribution in [1.82, 2.24) is 20.1 Å². The molecule has 1 aromatic heterocycles. The van der Waals surface area contributed by atoms with Crippen LogP contribution in [-0.4, -0.2) is 65.4 Å². The molecule has 2 aliphatic heterocycles. The van der Waals surface area contributed by atoms with Crippen LogP contribution in [0.1, 0.15) is 53.5 Å². The Labute approximate surface area is 143 Å². The Hall–Kier alpha value is -1.95. The zero-order chi connectivity index (χ0) is 17.1.